The largest absolute Gasteiger partial charge is 0.355 e. The Balaban J connectivity index is 2.43. The van der Waals surface area contributed by atoms with Gasteiger partial charge < -0.3 is 10.6 Å². The average molecular weight is 252 g/mol. The predicted octanol–water partition coefficient (Wildman–Crippen LogP) is 1.89. The van der Waals surface area contributed by atoms with E-state index in [4.69, 9.17) is 0 Å². The van der Waals surface area contributed by atoms with Crippen molar-refractivity contribution in [3.63, 3.8) is 0 Å². The summed E-state index contributed by atoms with van der Waals surface area (Å²) >= 11 is 1.85. The molecule has 1 aromatic rings. The van der Waals surface area contributed by atoms with Gasteiger partial charge in [0.15, 0.2) is 0 Å². The third-order valence-electron chi connectivity index (χ3n) is 2.61. The van der Waals surface area contributed by atoms with E-state index in [0.29, 0.717) is 10.8 Å². The molecule has 0 aliphatic carbocycles. The molecule has 1 unspecified atom stereocenters. The number of thioether (sulfide) groups is 1. The first kappa shape index (κ1) is 14.1. The van der Waals surface area contributed by atoms with Crippen LogP contribution in [0.5, 0.6) is 0 Å². The third kappa shape index (κ3) is 4.79. The van der Waals surface area contributed by atoms with E-state index in [2.05, 4.69) is 23.8 Å². The molecule has 0 radical (unpaired) electrons. The first-order valence-corrected chi connectivity index (χ1v) is 7.00. The first-order valence-electron chi connectivity index (χ1n) is 5.72. The van der Waals surface area contributed by atoms with Crippen molar-refractivity contribution < 1.29 is 4.79 Å². The Morgan fingerprint density at radius 1 is 1.35 bits per heavy atom. The van der Waals surface area contributed by atoms with E-state index < -0.39 is 0 Å². The maximum atomic E-state index is 11.3. The van der Waals surface area contributed by atoms with E-state index in [9.17, 15) is 4.79 Å². The summed E-state index contributed by atoms with van der Waals surface area (Å²) in [5, 5.41) is 6.63. The lowest BCUT2D eigenvalue weighted by Gasteiger charge is -2.10. The van der Waals surface area contributed by atoms with Gasteiger partial charge in [0.05, 0.1) is 0 Å². The second-order valence-electron chi connectivity index (χ2n) is 3.95. The van der Waals surface area contributed by atoms with E-state index in [1.54, 1.807) is 7.05 Å². The molecule has 0 fully saturated rings. The van der Waals surface area contributed by atoms with Gasteiger partial charge in [-0.2, -0.15) is 11.8 Å². The SMILES string of the molecule is CNC(=O)c1ccc(CNCC(C)SC)cc1. The van der Waals surface area contributed by atoms with Crippen LogP contribution in [0.4, 0.5) is 0 Å². The highest BCUT2D eigenvalue weighted by atomic mass is 32.2. The molecule has 0 aliphatic heterocycles. The summed E-state index contributed by atoms with van der Waals surface area (Å²) < 4.78 is 0. The van der Waals surface area contributed by atoms with Crippen LogP contribution in [0.25, 0.3) is 0 Å². The molecule has 0 aromatic heterocycles. The van der Waals surface area contributed by atoms with E-state index in [0.717, 1.165) is 13.1 Å². The first-order chi connectivity index (χ1) is 8.17. The van der Waals surface area contributed by atoms with Crippen molar-refractivity contribution in [2.45, 2.75) is 18.7 Å². The molecule has 4 heteroatoms. The lowest BCUT2D eigenvalue weighted by atomic mass is 10.1. The summed E-state index contributed by atoms with van der Waals surface area (Å²) in [6, 6.07) is 7.68. The lowest BCUT2D eigenvalue weighted by molar-refractivity contribution is 0.0963. The number of carbonyl (C=O) groups is 1. The van der Waals surface area contributed by atoms with Gasteiger partial charge in [-0.05, 0) is 24.0 Å². The van der Waals surface area contributed by atoms with Crippen molar-refractivity contribution in [3.8, 4) is 0 Å². The summed E-state index contributed by atoms with van der Waals surface area (Å²) in [6.07, 6.45) is 2.12. The maximum Gasteiger partial charge on any atom is 0.251 e. The fourth-order valence-corrected chi connectivity index (χ4v) is 1.71. The van der Waals surface area contributed by atoms with Crippen LogP contribution in [-0.4, -0.2) is 31.0 Å². The molecule has 1 atom stereocenters. The zero-order chi connectivity index (χ0) is 12.7. The Morgan fingerprint density at radius 3 is 2.53 bits per heavy atom. The number of hydrogen-bond acceptors (Lipinski definition) is 3. The second kappa shape index (κ2) is 7.35. The van der Waals surface area contributed by atoms with Crippen molar-refractivity contribution in [2.75, 3.05) is 19.8 Å². The monoisotopic (exact) mass is 252 g/mol. The molecule has 1 rings (SSSR count). The van der Waals surface area contributed by atoms with Gasteiger partial charge in [-0.3, -0.25) is 4.79 Å². The van der Waals surface area contributed by atoms with Crippen LogP contribution in [-0.2, 0) is 6.54 Å². The summed E-state index contributed by atoms with van der Waals surface area (Å²) in [4.78, 5) is 11.3. The highest BCUT2D eigenvalue weighted by Crippen LogP contribution is 2.06. The zero-order valence-electron chi connectivity index (χ0n) is 10.6. The average Bonchev–Trinajstić information content (AvgIpc) is 2.38. The molecule has 0 spiro atoms. The van der Waals surface area contributed by atoms with Gasteiger partial charge in [0, 0.05) is 31.0 Å². The van der Waals surface area contributed by atoms with Crippen molar-refractivity contribution in [2.24, 2.45) is 0 Å². The van der Waals surface area contributed by atoms with Crippen LogP contribution in [0, 0.1) is 0 Å². The van der Waals surface area contributed by atoms with Crippen LogP contribution in [0.1, 0.15) is 22.8 Å². The van der Waals surface area contributed by atoms with Crippen LogP contribution in [0.2, 0.25) is 0 Å². The van der Waals surface area contributed by atoms with E-state index >= 15 is 0 Å². The second-order valence-corrected chi connectivity index (χ2v) is 5.23. The molecule has 0 saturated carbocycles. The van der Waals surface area contributed by atoms with Crippen LogP contribution in [0.3, 0.4) is 0 Å². The minimum Gasteiger partial charge on any atom is -0.355 e. The number of hydrogen-bond donors (Lipinski definition) is 2. The minimum atomic E-state index is -0.0412. The normalized spacial score (nSPS) is 12.2. The van der Waals surface area contributed by atoms with Crippen LogP contribution in [0.15, 0.2) is 24.3 Å². The van der Waals surface area contributed by atoms with Crippen molar-refractivity contribution in [3.05, 3.63) is 35.4 Å². The number of amides is 1. The molecule has 1 aromatic carbocycles. The van der Waals surface area contributed by atoms with Gasteiger partial charge in [0.25, 0.3) is 5.91 Å². The Hall–Kier alpha value is -1.00. The van der Waals surface area contributed by atoms with E-state index in [1.807, 2.05) is 36.0 Å². The van der Waals surface area contributed by atoms with Gasteiger partial charge in [-0.1, -0.05) is 19.1 Å². The molecule has 0 bridgehead atoms. The highest BCUT2D eigenvalue weighted by Gasteiger charge is 2.02. The van der Waals surface area contributed by atoms with Crippen molar-refractivity contribution in [1.82, 2.24) is 10.6 Å². The number of carbonyl (C=O) groups excluding carboxylic acids is 1. The summed E-state index contributed by atoms with van der Waals surface area (Å²) in [5.41, 5.74) is 1.90. The molecule has 2 N–H and O–H groups in total. The van der Waals surface area contributed by atoms with E-state index in [-0.39, 0.29) is 5.91 Å². The third-order valence-corrected chi connectivity index (χ3v) is 3.58. The summed E-state index contributed by atoms with van der Waals surface area (Å²) in [5.74, 6) is -0.0412. The summed E-state index contributed by atoms with van der Waals surface area (Å²) in [7, 11) is 1.64. The van der Waals surface area contributed by atoms with Crippen molar-refractivity contribution >= 4 is 17.7 Å². The Morgan fingerprint density at radius 2 is 2.00 bits per heavy atom. The molecule has 1 amide bonds. The fourth-order valence-electron chi connectivity index (χ4n) is 1.42. The predicted molar refractivity (Wildman–Crippen MR) is 74.5 cm³/mol. The molecule has 0 aliphatic rings. The highest BCUT2D eigenvalue weighted by molar-refractivity contribution is 7.99. The molecule has 0 saturated heterocycles. The Kier molecular flexibility index (Phi) is 6.08. The molecular formula is C13H20N2OS. The maximum absolute atomic E-state index is 11.3. The van der Waals surface area contributed by atoms with Gasteiger partial charge in [0.1, 0.15) is 0 Å². The van der Waals surface area contributed by atoms with Crippen LogP contribution < -0.4 is 10.6 Å². The smallest absolute Gasteiger partial charge is 0.251 e. The van der Waals surface area contributed by atoms with Gasteiger partial charge in [-0.15, -0.1) is 0 Å². The van der Waals surface area contributed by atoms with E-state index in [1.165, 1.54) is 5.56 Å². The molecule has 3 nitrogen and oxygen atoms in total. The molecule has 94 valence electrons. The summed E-state index contributed by atoms with van der Waals surface area (Å²) in [6.45, 7) is 4.05. The van der Waals surface area contributed by atoms with Gasteiger partial charge in [-0.25, -0.2) is 0 Å². The number of nitrogens with one attached hydrogen (secondary N) is 2. The molecule has 0 heterocycles. The fraction of sp³-hybridized carbons (Fsp3) is 0.462. The van der Waals surface area contributed by atoms with Crippen LogP contribution >= 0.6 is 11.8 Å². The van der Waals surface area contributed by atoms with Crippen molar-refractivity contribution in [1.29, 1.82) is 0 Å². The number of benzene rings is 1. The van der Waals surface area contributed by atoms with Gasteiger partial charge in [0.2, 0.25) is 0 Å². The standard InChI is InChI=1S/C13H20N2OS/c1-10(17-3)8-15-9-11-4-6-12(7-5-11)13(16)14-2/h4-7,10,15H,8-9H2,1-3H3,(H,14,16). The molecule has 17 heavy (non-hydrogen) atoms. The quantitative estimate of drug-likeness (QED) is 0.812. The Bertz CT molecular complexity index is 351. The van der Waals surface area contributed by atoms with Gasteiger partial charge >= 0.3 is 0 Å². The lowest BCUT2D eigenvalue weighted by Crippen LogP contribution is -2.22. The topological polar surface area (TPSA) is 41.1 Å². The Labute approximate surface area is 107 Å². The minimum absolute atomic E-state index is 0.0412. The molecular weight excluding hydrogens is 232 g/mol. The number of rotatable bonds is 6. The zero-order valence-corrected chi connectivity index (χ0v) is 11.4.